The molecule has 7 nitrogen and oxygen atoms in total. The maximum absolute atomic E-state index is 12.7. The second kappa shape index (κ2) is 8.07. The van der Waals surface area contributed by atoms with Gasteiger partial charge in [-0.3, -0.25) is 9.78 Å². The molecule has 1 aromatic heterocycles. The average Bonchev–Trinajstić information content (AvgIpc) is 2.68. The first-order valence-electron chi connectivity index (χ1n) is 8.29. The second-order valence-corrected chi connectivity index (χ2v) is 6.07. The number of aromatic nitrogens is 1. The van der Waals surface area contributed by atoms with Crippen LogP contribution in [0.15, 0.2) is 42.6 Å². The maximum Gasteiger partial charge on any atom is 0.337 e. The molecule has 136 valence electrons. The van der Waals surface area contributed by atoms with E-state index in [4.69, 9.17) is 14.6 Å². The van der Waals surface area contributed by atoms with E-state index in [1.165, 1.54) is 12.3 Å². The third kappa shape index (κ3) is 4.25. The minimum absolute atomic E-state index is 0.119. The number of hydrogen-bond acceptors (Lipinski definition) is 5. The number of aromatic carboxylic acids is 1. The standard InChI is InChI=1S/C19H20N2O5/c1-21(11-16-12-25-7-8-26-16)18(22)14-4-2-3-13(9-14)17-6-5-15(10-20-17)19(23)24/h2-6,9-10,16H,7-8,11-12H2,1H3,(H,23,24)/t16-/m0/s1. The molecule has 1 aliphatic rings. The van der Waals surface area contributed by atoms with E-state index in [1.807, 2.05) is 6.07 Å². The summed E-state index contributed by atoms with van der Waals surface area (Å²) in [5.41, 5.74) is 2.01. The van der Waals surface area contributed by atoms with Crippen molar-refractivity contribution >= 4 is 11.9 Å². The van der Waals surface area contributed by atoms with Crippen molar-refractivity contribution in [2.45, 2.75) is 6.10 Å². The molecule has 0 radical (unpaired) electrons. The highest BCUT2D eigenvalue weighted by Crippen LogP contribution is 2.19. The van der Waals surface area contributed by atoms with Crippen LogP contribution in [-0.2, 0) is 9.47 Å². The Morgan fingerprint density at radius 2 is 2.08 bits per heavy atom. The highest BCUT2D eigenvalue weighted by atomic mass is 16.6. The number of carbonyl (C=O) groups is 2. The molecule has 1 aliphatic heterocycles. The number of carboxylic acid groups (broad SMARTS) is 1. The predicted octanol–water partition coefficient (Wildman–Crippen LogP) is 1.93. The molecule has 0 bridgehead atoms. The second-order valence-electron chi connectivity index (χ2n) is 6.07. The Bertz CT molecular complexity index is 785. The Hall–Kier alpha value is -2.77. The third-order valence-electron chi connectivity index (χ3n) is 4.12. The third-order valence-corrected chi connectivity index (χ3v) is 4.12. The smallest absolute Gasteiger partial charge is 0.337 e. The van der Waals surface area contributed by atoms with Crippen LogP contribution in [0.2, 0.25) is 0 Å². The first-order chi connectivity index (χ1) is 12.5. The Kier molecular flexibility index (Phi) is 5.60. The number of carbonyl (C=O) groups excluding carboxylic acids is 1. The Morgan fingerprint density at radius 1 is 1.23 bits per heavy atom. The van der Waals surface area contributed by atoms with Gasteiger partial charge in [-0.25, -0.2) is 4.79 Å². The summed E-state index contributed by atoms with van der Waals surface area (Å²) in [5.74, 6) is -1.15. The molecule has 7 heteroatoms. The van der Waals surface area contributed by atoms with Crippen LogP contribution in [0.1, 0.15) is 20.7 Å². The number of ether oxygens (including phenoxy) is 2. The van der Waals surface area contributed by atoms with Crippen LogP contribution in [0, 0.1) is 0 Å². The highest BCUT2D eigenvalue weighted by Gasteiger charge is 2.20. The molecular weight excluding hydrogens is 336 g/mol. The minimum Gasteiger partial charge on any atom is -0.478 e. The van der Waals surface area contributed by atoms with E-state index in [0.717, 1.165) is 5.56 Å². The van der Waals surface area contributed by atoms with Gasteiger partial charge < -0.3 is 19.5 Å². The number of benzene rings is 1. The number of pyridine rings is 1. The average molecular weight is 356 g/mol. The molecule has 0 spiro atoms. The summed E-state index contributed by atoms with van der Waals surface area (Å²) in [6.07, 6.45) is 1.18. The molecule has 1 aromatic carbocycles. The van der Waals surface area contributed by atoms with Gasteiger partial charge in [-0.15, -0.1) is 0 Å². The first kappa shape index (κ1) is 18.0. The van der Waals surface area contributed by atoms with Crippen molar-refractivity contribution in [2.75, 3.05) is 33.4 Å². The summed E-state index contributed by atoms with van der Waals surface area (Å²) in [6, 6.07) is 10.2. The quantitative estimate of drug-likeness (QED) is 0.881. The largest absolute Gasteiger partial charge is 0.478 e. The number of nitrogens with zero attached hydrogens (tertiary/aromatic N) is 2. The fraction of sp³-hybridized carbons (Fsp3) is 0.316. The number of hydrogen-bond donors (Lipinski definition) is 1. The lowest BCUT2D eigenvalue weighted by Gasteiger charge is -2.27. The zero-order valence-corrected chi connectivity index (χ0v) is 14.4. The zero-order valence-electron chi connectivity index (χ0n) is 14.4. The van der Waals surface area contributed by atoms with Gasteiger partial charge in [0.25, 0.3) is 5.91 Å². The lowest BCUT2D eigenvalue weighted by molar-refractivity contribution is -0.0933. The van der Waals surface area contributed by atoms with Gasteiger partial charge >= 0.3 is 5.97 Å². The van der Waals surface area contributed by atoms with E-state index in [2.05, 4.69) is 4.98 Å². The molecule has 26 heavy (non-hydrogen) atoms. The monoisotopic (exact) mass is 356 g/mol. The molecule has 1 N–H and O–H groups in total. The Morgan fingerprint density at radius 3 is 2.73 bits per heavy atom. The van der Waals surface area contributed by atoms with E-state index in [0.29, 0.717) is 37.6 Å². The van der Waals surface area contributed by atoms with Gasteiger partial charge in [0.1, 0.15) is 0 Å². The van der Waals surface area contributed by atoms with Crippen LogP contribution in [0.25, 0.3) is 11.3 Å². The van der Waals surface area contributed by atoms with Gasteiger partial charge in [0.15, 0.2) is 0 Å². The molecular formula is C19H20N2O5. The van der Waals surface area contributed by atoms with Crippen molar-refractivity contribution in [1.29, 1.82) is 0 Å². The van der Waals surface area contributed by atoms with E-state index < -0.39 is 5.97 Å². The zero-order chi connectivity index (χ0) is 18.5. The van der Waals surface area contributed by atoms with E-state index in [9.17, 15) is 9.59 Å². The van der Waals surface area contributed by atoms with Crippen LogP contribution in [0.5, 0.6) is 0 Å². The van der Waals surface area contributed by atoms with Crippen molar-refractivity contribution in [3.8, 4) is 11.3 Å². The minimum atomic E-state index is -1.02. The summed E-state index contributed by atoms with van der Waals surface area (Å²) in [4.78, 5) is 29.4. The van der Waals surface area contributed by atoms with E-state index in [1.54, 1.807) is 36.2 Å². The lowest BCUT2D eigenvalue weighted by Crippen LogP contribution is -2.40. The molecule has 1 fully saturated rings. The normalized spacial score (nSPS) is 16.9. The number of rotatable bonds is 5. The number of likely N-dealkylation sites (N-methyl/N-ethyl adjacent to an activating group) is 1. The summed E-state index contributed by atoms with van der Waals surface area (Å²) < 4.78 is 10.9. The highest BCUT2D eigenvalue weighted by molar-refractivity contribution is 5.95. The summed E-state index contributed by atoms with van der Waals surface area (Å²) in [5, 5.41) is 8.95. The van der Waals surface area contributed by atoms with Crippen molar-refractivity contribution in [3.05, 3.63) is 53.7 Å². The lowest BCUT2D eigenvalue weighted by atomic mass is 10.1. The molecule has 1 saturated heterocycles. The Balaban J connectivity index is 1.73. The van der Waals surface area contributed by atoms with Crippen LogP contribution < -0.4 is 0 Å². The molecule has 0 aliphatic carbocycles. The van der Waals surface area contributed by atoms with Crippen molar-refractivity contribution in [2.24, 2.45) is 0 Å². The molecule has 0 saturated carbocycles. The van der Waals surface area contributed by atoms with Gasteiger partial charge in [0, 0.05) is 30.9 Å². The fourth-order valence-electron chi connectivity index (χ4n) is 2.75. The molecule has 1 amide bonds. The van der Waals surface area contributed by atoms with Crippen LogP contribution >= 0.6 is 0 Å². The van der Waals surface area contributed by atoms with Gasteiger partial charge in [0.2, 0.25) is 0 Å². The summed E-state index contributed by atoms with van der Waals surface area (Å²) in [7, 11) is 1.73. The molecule has 0 unspecified atom stereocenters. The molecule has 1 atom stereocenters. The predicted molar refractivity (Wildman–Crippen MR) is 94.2 cm³/mol. The topological polar surface area (TPSA) is 89.0 Å². The number of carboxylic acids is 1. The van der Waals surface area contributed by atoms with Crippen molar-refractivity contribution in [3.63, 3.8) is 0 Å². The van der Waals surface area contributed by atoms with Crippen LogP contribution in [0.3, 0.4) is 0 Å². The molecule has 3 rings (SSSR count). The van der Waals surface area contributed by atoms with Crippen LogP contribution in [0.4, 0.5) is 0 Å². The van der Waals surface area contributed by atoms with Gasteiger partial charge in [-0.05, 0) is 24.3 Å². The maximum atomic E-state index is 12.7. The summed E-state index contributed by atoms with van der Waals surface area (Å²) in [6.45, 7) is 2.07. The molecule has 2 aromatic rings. The van der Waals surface area contributed by atoms with Gasteiger partial charge in [-0.1, -0.05) is 12.1 Å². The number of amides is 1. The first-order valence-corrected chi connectivity index (χ1v) is 8.29. The molecule has 2 heterocycles. The van der Waals surface area contributed by atoms with E-state index >= 15 is 0 Å². The SMILES string of the molecule is CN(C[C@H]1COCCO1)C(=O)c1cccc(-c2ccc(C(=O)O)cn2)c1. The van der Waals surface area contributed by atoms with Crippen molar-refractivity contribution in [1.82, 2.24) is 9.88 Å². The van der Waals surface area contributed by atoms with Gasteiger partial charge in [0.05, 0.1) is 37.2 Å². The summed E-state index contributed by atoms with van der Waals surface area (Å²) >= 11 is 0. The van der Waals surface area contributed by atoms with Crippen LogP contribution in [-0.4, -0.2) is 66.4 Å². The fourth-order valence-corrected chi connectivity index (χ4v) is 2.75. The van der Waals surface area contributed by atoms with Gasteiger partial charge in [-0.2, -0.15) is 0 Å². The van der Waals surface area contributed by atoms with Crippen molar-refractivity contribution < 1.29 is 24.2 Å². The Labute approximate surface area is 151 Å². The van der Waals surface area contributed by atoms with E-state index in [-0.39, 0.29) is 17.6 Å².